The van der Waals surface area contributed by atoms with E-state index in [2.05, 4.69) is 4.98 Å². The summed E-state index contributed by atoms with van der Waals surface area (Å²) in [5.74, 6) is 1.36. The van der Waals surface area contributed by atoms with E-state index in [1.54, 1.807) is 24.1 Å². The number of aromatic nitrogens is 2. The third kappa shape index (κ3) is 3.15. The van der Waals surface area contributed by atoms with Gasteiger partial charge in [-0.3, -0.25) is 9.36 Å². The van der Waals surface area contributed by atoms with E-state index >= 15 is 0 Å². The molecule has 4 nitrogen and oxygen atoms in total. The van der Waals surface area contributed by atoms with Crippen molar-refractivity contribution in [1.82, 2.24) is 9.55 Å². The van der Waals surface area contributed by atoms with Crippen molar-refractivity contribution in [3.8, 4) is 5.75 Å². The highest BCUT2D eigenvalue weighted by atomic mass is 16.5. The average molecular weight is 284 g/mol. The lowest BCUT2D eigenvalue weighted by atomic mass is 9.83. The molecule has 0 N–H and O–H groups in total. The standard InChI is InChI=1S/C17H20N2O2/c1-21-15-7-5-13(6-8-15)9-10-19-12-18-16(11-17(19)20)14-3-2-4-14/h5-8,11-12,14H,2-4,9-10H2,1H3. The summed E-state index contributed by atoms with van der Waals surface area (Å²) in [5.41, 5.74) is 2.21. The molecule has 1 aliphatic rings. The van der Waals surface area contributed by atoms with Crippen LogP contribution in [0.25, 0.3) is 0 Å². The van der Waals surface area contributed by atoms with Crippen LogP contribution in [0.15, 0.2) is 41.5 Å². The predicted octanol–water partition coefficient (Wildman–Crippen LogP) is 2.76. The van der Waals surface area contributed by atoms with E-state index in [0.717, 1.165) is 17.9 Å². The molecule has 0 unspecified atom stereocenters. The number of aryl methyl sites for hydroxylation is 2. The fourth-order valence-corrected chi connectivity index (χ4v) is 2.58. The van der Waals surface area contributed by atoms with Crippen LogP contribution in [-0.2, 0) is 13.0 Å². The molecule has 0 aliphatic heterocycles. The first-order valence-corrected chi connectivity index (χ1v) is 7.45. The molecule has 1 aromatic heterocycles. The van der Waals surface area contributed by atoms with Crippen LogP contribution >= 0.6 is 0 Å². The number of rotatable bonds is 5. The lowest BCUT2D eigenvalue weighted by Crippen LogP contribution is -2.23. The maximum atomic E-state index is 12.1. The molecule has 0 radical (unpaired) electrons. The Morgan fingerprint density at radius 3 is 2.62 bits per heavy atom. The fraction of sp³-hybridized carbons (Fsp3) is 0.412. The van der Waals surface area contributed by atoms with Gasteiger partial charge in [-0.15, -0.1) is 0 Å². The normalized spacial score (nSPS) is 14.7. The first-order valence-electron chi connectivity index (χ1n) is 7.45. The predicted molar refractivity (Wildman–Crippen MR) is 81.8 cm³/mol. The summed E-state index contributed by atoms with van der Waals surface area (Å²) in [5, 5.41) is 0. The van der Waals surface area contributed by atoms with Crippen LogP contribution in [-0.4, -0.2) is 16.7 Å². The Labute approximate surface area is 124 Å². The van der Waals surface area contributed by atoms with Gasteiger partial charge in [0.2, 0.25) is 0 Å². The van der Waals surface area contributed by atoms with Crippen molar-refractivity contribution in [3.05, 3.63) is 58.3 Å². The van der Waals surface area contributed by atoms with Gasteiger partial charge in [-0.2, -0.15) is 0 Å². The second-order valence-electron chi connectivity index (χ2n) is 5.57. The van der Waals surface area contributed by atoms with Gasteiger partial charge in [-0.25, -0.2) is 4.98 Å². The number of ether oxygens (including phenoxy) is 1. The minimum absolute atomic E-state index is 0.0559. The van der Waals surface area contributed by atoms with Crippen LogP contribution in [0.3, 0.4) is 0 Å². The molecule has 1 heterocycles. The third-order valence-corrected chi connectivity index (χ3v) is 4.22. The van der Waals surface area contributed by atoms with Gasteiger partial charge in [0.05, 0.1) is 19.1 Å². The molecule has 0 atom stereocenters. The maximum Gasteiger partial charge on any atom is 0.253 e. The molecule has 1 saturated carbocycles. The Kier molecular flexibility index (Phi) is 4.04. The number of nitrogens with zero attached hydrogens (tertiary/aromatic N) is 2. The summed E-state index contributed by atoms with van der Waals surface area (Å²) in [6.45, 7) is 0.656. The zero-order valence-electron chi connectivity index (χ0n) is 12.3. The zero-order valence-corrected chi connectivity index (χ0v) is 12.3. The maximum absolute atomic E-state index is 12.1. The van der Waals surface area contributed by atoms with E-state index < -0.39 is 0 Å². The molecular weight excluding hydrogens is 264 g/mol. The summed E-state index contributed by atoms with van der Waals surface area (Å²) in [6.07, 6.45) is 6.10. The van der Waals surface area contributed by atoms with Gasteiger partial charge in [0.15, 0.2) is 0 Å². The van der Waals surface area contributed by atoms with Crippen LogP contribution in [0.2, 0.25) is 0 Å². The van der Waals surface area contributed by atoms with E-state index in [-0.39, 0.29) is 5.56 Å². The van der Waals surface area contributed by atoms with E-state index in [4.69, 9.17) is 4.74 Å². The Bertz CT molecular complexity index is 657. The number of benzene rings is 1. The molecule has 4 heteroatoms. The number of methoxy groups -OCH3 is 1. The van der Waals surface area contributed by atoms with Crippen LogP contribution in [0.4, 0.5) is 0 Å². The van der Waals surface area contributed by atoms with Gasteiger partial charge in [0, 0.05) is 18.5 Å². The smallest absolute Gasteiger partial charge is 0.253 e. The third-order valence-electron chi connectivity index (χ3n) is 4.22. The van der Waals surface area contributed by atoms with Crippen molar-refractivity contribution >= 4 is 0 Å². The second-order valence-corrected chi connectivity index (χ2v) is 5.57. The van der Waals surface area contributed by atoms with E-state index in [0.29, 0.717) is 12.5 Å². The topological polar surface area (TPSA) is 44.1 Å². The minimum atomic E-state index is 0.0559. The summed E-state index contributed by atoms with van der Waals surface area (Å²) in [7, 11) is 1.66. The highest BCUT2D eigenvalue weighted by molar-refractivity contribution is 5.27. The highest BCUT2D eigenvalue weighted by Gasteiger charge is 2.21. The van der Waals surface area contributed by atoms with Gasteiger partial charge in [0.25, 0.3) is 5.56 Å². The average Bonchev–Trinajstić information content (AvgIpc) is 2.45. The minimum Gasteiger partial charge on any atom is -0.497 e. The molecule has 1 fully saturated rings. The Balaban J connectivity index is 1.65. The molecule has 0 spiro atoms. The monoisotopic (exact) mass is 284 g/mol. The highest BCUT2D eigenvalue weighted by Crippen LogP contribution is 2.34. The molecule has 0 amide bonds. The zero-order chi connectivity index (χ0) is 14.7. The Morgan fingerprint density at radius 2 is 2.05 bits per heavy atom. The molecule has 3 rings (SSSR count). The van der Waals surface area contributed by atoms with Crippen molar-refractivity contribution in [1.29, 1.82) is 0 Å². The molecule has 0 bridgehead atoms. The van der Waals surface area contributed by atoms with Gasteiger partial charge in [-0.05, 0) is 37.0 Å². The quantitative estimate of drug-likeness (QED) is 0.848. The van der Waals surface area contributed by atoms with Crippen LogP contribution in [0, 0.1) is 0 Å². The van der Waals surface area contributed by atoms with Gasteiger partial charge >= 0.3 is 0 Å². The second kappa shape index (κ2) is 6.12. The summed E-state index contributed by atoms with van der Waals surface area (Å²) in [4.78, 5) is 16.6. The SMILES string of the molecule is COc1ccc(CCn2cnc(C3CCC3)cc2=O)cc1. The molecule has 1 aromatic carbocycles. The van der Waals surface area contributed by atoms with E-state index in [9.17, 15) is 4.79 Å². The first kappa shape index (κ1) is 13.9. The van der Waals surface area contributed by atoms with Crippen LogP contribution in [0.5, 0.6) is 5.75 Å². The Morgan fingerprint density at radius 1 is 1.29 bits per heavy atom. The lowest BCUT2D eigenvalue weighted by Gasteiger charge is -2.24. The van der Waals surface area contributed by atoms with Crippen LogP contribution < -0.4 is 10.3 Å². The van der Waals surface area contributed by atoms with Crippen molar-refractivity contribution < 1.29 is 4.74 Å². The van der Waals surface area contributed by atoms with E-state index in [1.807, 2.05) is 24.3 Å². The largest absolute Gasteiger partial charge is 0.497 e. The first-order chi connectivity index (χ1) is 10.3. The summed E-state index contributed by atoms with van der Waals surface area (Å²) < 4.78 is 6.82. The Hall–Kier alpha value is -2.10. The molecule has 21 heavy (non-hydrogen) atoms. The molecule has 1 aliphatic carbocycles. The van der Waals surface area contributed by atoms with Crippen molar-refractivity contribution in [2.45, 2.75) is 38.1 Å². The summed E-state index contributed by atoms with van der Waals surface area (Å²) >= 11 is 0. The van der Waals surface area contributed by atoms with Crippen LogP contribution in [0.1, 0.15) is 36.4 Å². The number of hydrogen-bond acceptors (Lipinski definition) is 3. The van der Waals surface area contributed by atoms with E-state index in [1.165, 1.54) is 24.8 Å². The molecule has 0 saturated heterocycles. The molecular formula is C17H20N2O2. The lowest BCUT2D eigenvalue weighted by molar-refractivity contribution is 0.408. The van der Waals surface area contributed by atoms with Gasteiger partial charge < -0.3 is 4.74 Å². The van der Waals surface area contributed by atoms with Crippen molar-refractivity contribution in [2.75, 3.05) is 7.11 Å². The van der Waals surface area contributed by atoms with Crippen molar-refractivity contribution in [2.24, 2.45) is 0 Å². The number of hydrogen-bond donors (Lipinski definition) is 0. The van der Waals surface area contributed by atoms with Gasteiger partial charge in [-0.1, -0.05) is 18.6 Å². The fourth-order valence-electron chi connectivity index (χ4n) is 2.58. The van der Waals surface area contributed by atoms with Gasteiger partial charge in [0.1, 0.15) is 5.75 Å². The molecule has 110 valence electrons. The summed E-state index contributed by atoms with van der Waals surface area (Å²) in [6, 6.07) is 9.64. The van der Waals surface area contributed by atoms with Crippen molar-refractivity contribution in [3.63, 3.8) is 0 Å². The molecule has 2 aromatic rings.